The number of nitrogens with zero attached hydrogens (tertiary/aromatic N) is 3. The number of H-pyrrole nitrogens is 1. The Morgan fingerprint density at radius 3 is 2.30 bits per heavy atom. The van der Waals surface area contributed by atoms with Crippen LogP contribution in [-0.2, 0) is 13.1 Å². The van der Waals surface area contributed by atoms with Crippen molar-refractivity contribution < 1.29 is 0 Å². The van der Waals surface area contributed by atoms with Gasteiger partial charge in [-0.3, -0.25) is 9.80 Å². The lowest BCUT2D eigenvalue weighted by atomic mass is 10.1. The van der Waals surface area contributed by atoms with Crippen LogP contribution in [0.2, 0.25) is 10.0 Å². The number of piperazine rings is 1. The predicted octanol–water partition coefficient (Wildman–Crippen LogP) is 4.66. The average molecular weight is 399 g/mol. The Kier molecular flexibility index (Phi) is 5.38. The van der Waals surface area contributed by atoms with Crippen molar-refractivity contribution in [1.29, 1.82) is 5.26 Å². The molecule has 4 nitrogen and oxygen atoms in total. The molecule has 6 heteroatoms. The Balaban J connectivity index is 1.38. The summed E-state index contributed by atoms with van der Waals surface area (Å²) >= 11 is 12.3. The number of rotatable bonds is 4. The molecule has 0 spiro atoms. The Labute approximate surface area is 168 Å². The molecule has 0 atom stereocenters. The van der Waals surface area contributed by atoms with Crippen LogP contribution in [-0.4, -0.2) is 41.0 Å². The van der Waals surface area contributed by atoms with Crippen LogP contribution in [0.5, 0.6) is 0 Å². The van der Waals surface area contributed by atoms with E-state index >= 15 is 0 Å². The third-order valence-corrected chi connectivity index (χ3v) is 5.75. The Hall–Kier alpha value is -2.03. The molecule has 1 N–H and O–H groups in total. The van der Waals surface area contributed by atoms with E-state index in [1.54, 1.807) is 6.07 Å². The van der Waals surface area contributed by atoms with Crippen LogP contribution >= 0.6 is 23.2 Å². The number of fused-ring (bicyclic) bond motifs is 1. The fraction of sp³-hybridized carbons (Fsp3) is 0.286. The van der Waals surface area contributed by atoms with Crippen molar-refractivity contribution in [2.24, 2.45) is 0 Å². The van der Waals surface area contributed by atoms with E-state index in [1.165, 1.54) is 5.56 Å². The predicted molar refractivity (Wildman–Crippen MR) is 110 cm³/mol. The van der Waals surface area contributed by atoms with E-state index in [1.807, 2.05) is 30.3 Å². The zero-order chi connectivity index (χ0) is 18.8. The molecule has 2 aromatic carbocycles. The molecular weight excluding hydrogens is 379 g/mol. The minimum absolute atomic E-state index is 0.673. The molecular formula is C21H20Cl2N4. The zero-order valence-corrected chi connectivity index (χ0v) is 16.4. The van der Waals surface area contributed by atoms with Crippen molar-refractivity contribution in [3.63, 3.8) is 0 Å². The van der Waals surface area contributed by atoms with Crippen molar-refractivity contribution in [2.45, 2.75) is 13.1 Å². The van der Waals surface area contributed by atoms with Gasteiger partial charge in [0.25, 0.3) is 0 Å². The monoisotopic (exact) mass is 398 g/mol. The lowest BCUT2D eigenvalue weighted by Gasteiger charge is -2.34. The van der Waals surface area contributed by atoms with Gasteiger partial charge in [0.1, 0.15) is 0 Å². The molecule has 2 heterocycles. The molecule has 0 unspecified atom stereocenters. The molecule has 0 radical (unpaired) electrons. The van der Waals surface area contributed by atoms with Crippen molar-refractivity contribution in [1.82, 2.24) is 14.8 Å². The van der Waals surface area contributed by atoms with Gasteiger partial charge < -0.3 is 4.98 Å². The number of halogens is 2. The van der Waals surface area contributed by atoms with E-state index < -0.39 is 0 Å². The number of nitrogens with one attached hydrogen (secondary N) is 1. The van der Waals surface area contributed by atoms with Gasteiger partial charge in [0.15, 0.2) is 0 Å². The van der Waals surface area contributed by atoms with E-state index in [9.17, 15) is 0 Å². The van der Waals surface area contributed by atoms with Crippen molar-refractivity contribution in [2.75, 3.05) is 26.2 Å². The van der Waals surface area contributed by atoms with Crippen LogP contribution in [0, 0.1) is 11.3 Å². The Morgan fingerprint density at radius 2 is 1.63 bits per heavy atom. The Morgan fingerprint density at radius 1 is 0.926 bits per heavy atom. The maximum Gasteiger partial charge on any atom is 0.0991 e. The first-order valence-corrected chi connectivity index (χ1v) is 9.77. The topological polar surface area (TPSA) is 46.1 Å². The number of hydrogen-bond acceptors (Lipinski definition) is 3. The fourth-order valence-corrected chi connectivity index (χ4v) is 4.08. The molecule has 27 heavy (non-hydrogen) atoms. The molecule has 1 saturated heterocycles. The summed E-state index contributed by atoms with van der Waals surface area (Å²) in [6.07, 6.45) is 2.06. The first-order valence-electron chi connectivity index (χ1n) is 9.01. The SMILES string of the molecule is N#Cc1ccc2[nH]cc(CN3CCN(Cc4ccc(Cl)cc4Cl)CC3)c2c1. The van der Waals surface area contributed by atoms with Gasteiger partial charge in [0.2, 0.25) is 0 Å². The second-order valence-electron chi connectivity index (χ2n) is 6.97. The van der Waals surface area contributed by atoms with Gasteiger partial charge >= 0.3 is 0 Å². The van der Waals surface area contributed by atoms with Gasteiger partial charge in [-0.2, -0.15) is 5.26 Å². The Bertz CT molecular complexity index is 997. The molecule has 0 amide bonds. The highest BCUT2D eigenvalue weighted by atomic mass is 35.5. The summed E-state index contributed by atoms with van der Waals surface area (Å²) in [5, 5.41) is 11.7. The number of hydrogen-bond donors (Lipinski definition) is 1. The molecule has 4 rings (SSSR count). The van der Waals surface area contributed by atoms with E-state index in [0.717, 1.165) is 60.8 Å². The van der Waals surface area contributed by atoms with Gasteiger partial charge in [-0.15, -0.1) is 0 Å². The second kappa shape index (κ2) is 7.92. The highest BCUT2D eigenvalue weighted by Gasteiger charge is 2.19. The van der Waals surface area contributed by atoms with Crippen LogP contribution < -0.4 is 0 Å². The molecule has 0 bridgehead atoms. The summed E-state index contributed by atoms with van der Waals surface area (Å²) < 4.78 is 0. The third-order valence-electron chi connectivity index (χ3n) is 5.16. The van der Waals surface area contributed by atoms with Gasteiger partial charge in [0.05, 0.1) is 11.6 Å². The highest BCUT2D eigenvalue weighted by Crippen LogP contribution is 2.24. The summed E-state index contributed by atoms with van der Waals surface area (Å²) in [6.45, 7) is 5.77. The fourth-order valence-electron chi connectivity index (χ4n) is 3.62. The van der Waals surface area contributed by atoms with E-state index in [2.05, 4.69) is 27.0 Å². The molecule has 1 aromatic heterocycles. The van der Waals surface area contributed by atoms with Gasteiger partial charge in [-0.25, -0.2) is 0 Å². The molecule has 0 saturated carbocycles. The summed E-state index contributed by atoms with van der Waals surface area (Å²) in [6, 6.07) is 13.7. The molecule has 138 valence electrons. The lowest BCUT2D eigenvalue weighted by molar-refractivity contribution is 0.122. The molecule has 1 fully saturated rings. The van der Waals surface area contributed by atoms with Crippen LogP contribution in [0.1, 0.15) is 16.7 Å². The van der Waals surface area contributed by atoms with Gasteiger partial charge in [-0.1, -0.05) is 29.3 Å². The van der Waals surface area contributed by atoms with Crippen LogP contribution in [0.3, 0.4) is 0 Å². The van der Waals surface area contributed by atoms with E-state index in [4.69, 9.17) is 28.5 Å². The van der Waals surface area contributed by atoms with Crippen LogP contribution in [0.25, 0.3) is 10.9 Å². The van der Waals surface area contributed by atoms with Gasteiger partial charge in [0, 0.05) is 66.4 Å². The summed E-state index contributed by atoms with van der Waals surface area (Å²) in [4.78, 5) is 8.19. The minimum atomic E-state index is 0.673. The summed E-state index contributed by atoms with van der Waals surface area (Å²) in [7, 11) is 0. The molecule has 3 aromatic rings. The van der Waals surface area contributed by atoms with E-state index in [0.29, 0.717) is 10.6 Å². The normalized spacial score (nSPS) is 15.9. The molecule has 0 aliphatic carbocycles. The summed E-state index contributed by atoms with van der Waals surface area (Å²) in [5.41, 5.74) is 4.15. The standard InChI is InChI=1S/C21H20Cl2N4/c22-18-3-2-16(20(23)10-18)13-26-5-7-27(8-6-26)14-17-12-25-21-4-1-15(11-24)9-19(17)21/h1-4,9-10,12,25H,5-8,13-14H2. The zero-order valence-electron chi connectivity index (χ0n) is 14.9. The number of nitriles is 1. The van der Waals surface area contributed by atoms with Crippen molar-refractivity contribution in [3.8, 4) is 6.07 Å². The van der Waals surface area contributed by atoms with Crippen molar-refractivity contribution in [3.05, 3.63) is 69.3 Å². The van der Waals surface area contributed by atoms with Crippen molar-refractivity contribution >= 4 is 34.1 Å². The van der Waals surface area contributed by atoms with Gasteiger partial charge in [-0.05, 0) is 41.5 Å². The molecule has 1 aliphatic rings. The smallest absolute Gasteiger partial charge is 0.0991 e. The van der Waals surface area contributed by atoms with E-state index in [-0.39, 0.29) is 0 Å². The molecule has 1 aliphatic heterocycles. The largest absolute Gasteiger partial charge is 0.361 e. The van der Waals surface area contributed by atoms with Crippen LogP contribution in [0.15, 0.2) is 42.6 Å². The average Bonchev–Trinajstić information content (AvgIpc) is 3.07. The highest BCUT2D eigenvalue weighted by molar-refractivity contribution is 6.35. The first kappa shape index (κ1) is 18.3. The number of benzene rings is 2. The third kappa shape index (κ3) is 4.12. The second-order valence-corrected chi connectivity index (χ2v) is 7.82. The number of aromatic nitrogens is 1. The number of aromatic amines is 1. The maximum atomic E-state index is 9.14. The summed E-state index contributed by atoms with van der Waals surface area (Å²) in [5.74, 6) is 0. The quantitative estimate of drug-likeness (QED) is 0.694. The van der Waals surface area contributed by atoms with Crippen LogP contribution in [0.4, 0.5) is 0 Å². The maximum absolute atomic E-state index is 9.14. The lowest BCUT2D eigenvalue weighted by Crippen LogP contribution is -2.45. The minimum Gasteiger partial charge on any atom is -0.361 e. The first-order chi connectivity index (χ1) is 13.1.